The highest BCUT2D eigenvalue weighted by molar-refractivity contribution is 7.87. The molecule has 1 saturated heterocycles. The van der Waals surface area contributed by atoms with E-state index in [4.69, 9.17) is 31.4 Å². The molecule has 47 heavy (non-hydrogen) atoms. The third-order valence-electron chi connectivity index (χ3n) is 7.67. The largest absolute Gasteiger partial charge is 0.387 e. The minimum atomic E-state index is -4.43. The highest BCUT2D eigenvalue weighted by Gasteiger charge is 2.46. The van der Waals surface area contributed by atoms with Gasteiger partial charge in [-0.3, -0.25) is 9.36 Å². The summed E-state index contributed by atoms with van der Waals surface area (Å²) in [7, 11) is -4.43. The SMILES string of the molecule is NCCOCCOCCCCCCN(CC1O[C@@H](n2cnc3c(N)ncnc32)[C@H](O)[C@@H]1O)S(=O)(=O)NC(=O)[C@@H](N)Cc1ccccc1. The Labute approximate surface area is 273 Å². The number of benzene rings is 1. The number of anilines is 1. The van der Waals surface area contributed by atoms with E-state index in [1.807, 2.05) is 6.07 Å². The highest BCUT2D eigenvalue weighted by atomic mass is 32.2. The van der Waals surface area contributed by atoms with Gasteiger partial charge in [0.1, 0.15) is 30.2 Å². The van der Waals surface area contributed by atoms with Gasteiger partial charge in [-0.25, -0.2) is 19.7 Å². The van der Waals surface area contributed by atoms with E-state index < -0.39 is 46.7 Å². The first kappa shape index (κ1) is 36.5. The van der Waals surface area contributed by atoms with Crippen LogP contribution in [0.15, 0.2) is 43.0 Å². The van der Waals surface area contributed by atoms with Gasteiger partial charge in [0, 0.05) is 26.2 Å². The molecule has 1 fully saturated rings. The molecule has 1 aliphatic rings. The summed E-state index contributed by atoms with van der Waals surface area (Å²) in [6.45, 7) is 2.05. The first-order valence-corrected chi connectivity index (χ1v) is 17.0. The zero-order valence-corrected chi connectivity index (χ0v) is 27.0. The highest BCUT2D eigenvalue weighted by Crippen LogP contribution is 2.32. The van der Waals surface area contributed by atoms with Crippen LogP contribution in [0.5, 0.6) is 0 Å². The Hall–Kier alpha value is -3.33. The van der Waals surface area contributed by atoms with Gasteiger partial charge < -0.3 is 41.6 Å². The van der Waals surface area contributed by atoms with Gasteiger partial charge in [-0.15, -0.1) is 0 Å². The summed E-state index contributed by atoms with van der Waals surface area (Å²) in [6.07, 6.45) is 0.128. The maximum absolute atomic E-state index is 13.6. The first-order chi connectivity index (χ1) is 22.6. The molecule has 1 aromatic carbocycles. The number of hydrogen-bond acceptors (Lipinski definition) is 14. The Morgan fingerprint density at radius 2 is 1.74 bits per heavy atom. The molecular formula is C29H45N9O8S. The maximum Gasteiger partial charge on any atom is 0.303 e. The Balaban J connectivity index is 1.39. The molecule has 1 amide bonds. The fraction of sp³-hybridized carbons (Fsp3) is 0.586. The second-order valence-electron chi connectivity index (χ2n) is 11.2. The number of aliphatic hydroxyl groups is 2. The molecule has 0 bridgehead atoms. The average molecular weight is 680 g/mol. The van der Waals surface area contributed by atoms with Gasteiger partial charge in [0.05, 0.1) is 32.2 Å². The van der Waals surface area contributed by atoms with Gasteiger partial charge >= 0.3 is 10.2 Å². The molecule has 0 saturated carbocycles. The number of ether oxygens (including phenoxy) is 3. The molecule has 2 aromatic heterocycles. The lowest BCUT2D eigenvalue weighted by Crippen LogP contribution is -2.52. The molecular weight excluding hydrogens is 634 g/mol. The van der Waals surface area contributed by atoms with E-state index in [-0.39, 0.29) is 36.5 Å². The van der Waals surface area contributed by atoms with Gasteiger partial charge in [0.25, 0.3) is 5.91 Å². The topological polar surface area (TPSA) is 256 Å². The van der Waals surface area contributed by atoms with E-state index in [1.54, 1.807) is 24.3 Å². The Morgan fingerprint density at radius 3 is 2.49 bits per heavy atom. The third-order valence-corrected chi connectivity index (χ3v) is 9.14. The van der Waals surface area contributed by atoms with E-state index in [9.17, 15) is 23.4 Å². The number of unbranched alkanes of at least 4 members (excludes halogenated alkanes) is 3. The summed E-state index contributed by atoms with van der Waals surface area (Å²) in [5, 5.41) is 21.8. The van der Waals surface area contributed by atoms with Crippen LogP contribution in [0.1, 0.15) is 37.5 Å². The van der Waals surface area contributed by atoms with Crippen molar-refractivity contribution in [2.75, 3.05) is 51.8 Å². The number of nitrogen functional groups attached to an aromatic ring is 1. The van der Waals surface area contributed by atoms with Crippen molar-refractivity contribution in [3.8, 4) is 0 Å². The number of fused-ring (bicyclic) bond motifs is 1. The summed E-state index contributed by atoms with van der Waals surface area (Å²) in [6, 6.07) is 7.87. The number of carbonyl (C=O) groups is 1. The van der Waals surface area contributed by atoms with Crippen molar-refractivity contribution in [3.63, 3.8) is 0 Å². The third kappa shape index (κ3) is 10.1. The van der Waals surface area contributed by atoms with Crippen molar-refractivity contribution >= 4 is 33.1 Å². The number of aliphatic hydroxyl groups excluding tert-OH is 2. The number of nitrogens with zero attached hydrogens (tertiary/aromatic N) is 5. The molecule has 4 rings (SSSR count). The molecule has 9 N–H and O–H groups in total. The first-order valence-electron chi connectivity index (χ1n) is 15.5. The van der Waals surface area contributed by atoms with Crippen molar-refractivity contribution in [1.29, 1.82) is 0 Å². The number of nitrogens with two attached hydrogens (primary N) is 3. The number of rotatable bonds is 20. The van der Waals surface area contributed by atoms with Crippen LogP contribution in [0.25, 0.3) is 11.2 Å². The van der Waals surface area contributed by atoms with Crippen LogP contribution in [0.4, 0.5) is 5.82 Å². The van der Waals surface area contributed by atoms with Crippen LogP contribution in [0, 0.1) is 0 Å². The van der Waals surface area contributed by atoms with Gasteiger partial charge in [-0.05, 0) is 24.8 Å². The normalized spacial score (nSPS) is 20.6. The number of nitrogens with one attached hydrogen (secondary N) is 1. The molecule has 18 heteroatoms. The Morgan fingerprint density at radius 1 is 1.02 bits per heavy atom. The van der Waals surface area contributed by atoms with E-state index in [0.717, 1.165) is 22.7 Å². The molecule has 260 valence electrons. The van der Waals surface area contributed by atoms with Gasteiger partial charge in [0.2, 0.25) is 0 Å². The number of aromatic nitrogens is 4. The lowest BCUT2D eigenvalue weighted by molar-refractivity contribution is -0.120. The van der Waals surface area contributed by atoms with Crippen molar-refractivity contribution in [1.82, 2.24) is 28.5 Å². The van der Waals surface area contributed by atoms with Crippen LogP contribution in [-0.2, 0) is 35.6 Å². The van der Waals surface area contributed by atoms with Crippen LogP contribution >= 0.6 is 0 Å². The zero-order chi connectivity index (χ0) is 33.8. The molecule has 1 aliphatic heterocycles. The number of amides is 1. The molecule has 3 aromatic rings. The van der Waals surface area contributed by atoms with Gasteiger partial charge in [-0.1, -0.05) is 43.2 Å². The van der Waals surface area contributed by atoms with Crippen molar-refractivity contribution < 1.29 is 37.6 Å². The van der Waals surface area contributed by atoms with Crippen molar-refractivity contribution in [2.45, 2.75) is 62.7 Å². The summed E-state index contributed by atoms with van der Waals surface area (Å²) in [5.41, 5.74) is 18.6. The van der Waals surface area contributed by atoms with Gasteiger partial charge in [0.15, 0.2) is 17.7 Å². The molecule has 0 spiro atoms. The summed E-state index contributed by atoms with van der Waals surface area (Å²) in [5.74, 6) is -0.751. The van der Waals surface area contributed by atoms with E-state index in [0.29, 0.717) is 45.8 Å². The minimum Gasteiger partial charge on any atom is -0.387 e. The van der Waals surface area contributed by atoms with Crippen LogP contribution in [0.3, 0.4) is 0 Å². The average Bonchev–Trinajstić information content (AvgIpc) is 3.60. The monoisotopic (exact) mass is 679 g/mol. The molecule has 3 heterocycles. The number of carbonyl (C=O) groups excluding carboxylic acids is 1. The Bertz CT molecular complexity index is 1510. The second-order valence-corrected chi connectivity index (χ2v) is 12.9. The zero-order valence-electron chi connectivity index (χ0n) is 26.1. The van der Waals surface area contributed by atoms with E-state index in [2.05, 4.69) is 19.7 Å². The molecule has 17 nitrogen and oxygen atoms in total. The summed E-state index contributed by atoms with van der Waals surface area (Å²) in [4.78, 5) is 25.1. The fourth-order valence-electron chi connectivity index (χ4n) is 5.16. The number of hydrogen-bond donors (Lipinski definition) is 6. The quantitative estimate of drug-likeness (QED) is 0.0768. The van der Waals surface area contributed by atoms with Crippen molar-refractivity contribution in [3.05, 3.63) is 48.5 Å². The minimum absolute atomic E-state index is 0.00935. The fourth-order valence-corrected chi connectivity index (χ4v) is 6.40. The van der Waals surface area contributed by atoms with Crippen molar-refractivity contribution in [2.24, 2.45) is 11.5 Å². The molecule has 1 unspecified atom stereocenters. The predicted molar refractivity (Wildman–Crippen MR) is 172 cm³/mol. The molecule has 0 radical (unpaired) electrons. The predicted octanol–water partition coefficient (Wildman–Crippen LogP) is -1.19. The summed E-state index contributed by atoms with van der Waals surface area (Å²) < 4.78 is 48.4. The smallest absolute Gasteiger partial charge is 0.303 e. The lowest BCUT2D eigenvalue weighted by atomic mass is 10.1. The second kappa shape index (κ2) is 17.7. The molecule has 5 atom stereocenters. The lowest BCUT2D eigenvalue weighted by Gasteiger charge is -2.27. The van der Waals surface area contributed by atoms with Gasteiger partial charge in [-0.2, -0.15) is 12.7 Å². The maximum atomic E-state index is 13.6. The standard InChI is InChI=1S/C29H45N9O8S/c30-10-13-45-15-14-44-12-7-2-1-6-11-37(47(42,43)36-28(41)21(31)16-20-8-4-3-5-9-20)17-22-24(39)25(40)29(46-22)38-19-35-23-26(32)33-18-34-27(23)38/h3-5,8-9,18-19,21-22,24-25,29,39-40H,1-2,6-7,10-17,30-31H2,(H,36,41)(H2,32,33,34)/t21-,22?,24+,25+,29+/m0/s1. The molecule has 0 aliphatic carbocycles. The number of imidazole rings is 1. The Kier molecular flexibility index (Phi) is 13.8. The van der Waals surface area contributed by atoms with Crippen LogP contribution in [0.2, 0.25) is 0 Å². The summed E-state index contributed by atoms with van der Waals surface area (Å²) >= 11 is 0. The van der Waals surface area contributed by atoms with E-state index in [1.165, 1.54) is 17.2 Å². The van der Waals surface area contributed by atoms with E-state index >= 15 is 0 Å². The van der Waals surface area contributed by atoms with Crippen LogP contribution < -0.4 is 21.9 Å². The van der Waals surface area contributed by atoms with Crippen LogP contribution in [-0.4, -0.2) is 119 Å².